The molecule has 1 aromatic carbocycles. The van der Waals surface area contributed by atoms with E-state index in [0.717, 1.165) is 43.1 Å². The molecule has 118 valence electrons. The Morgan fingerprint density at radius 2 is 1.87 bits per heavy atom. The summed E-state index contributed by atoms with van der Waals surface area (Å²) in [4.78, 5) is 9.46. The fourth-order valence-electron chi connectivity index (χ4n) is 3.44. The number of hydrogen-bond acceptors (Lipinski definition) is 3. The van der Waals surface area contributed by atoms with Crippen LogP contribution < -0.4 is 5.32 Å². The highest BCUT2D eigenvalue weighted by Gasteiger charge is 2.19. The minimum absolute atomic E-state index is 0.725. The van der Waals surface area contributed by atoms with Crippen molar-refractivity contribution in [2.24, 2.45) is 5.92 Å². The summed E-state index contributed by atoms with van der Waals surface area (Å²) in [6, 6.07) is 14.6. The summed E-state index contributed by atoms with van der Waals surface area (Å²) in [7, 11) is 0. The van der Waals surface area contributed by atoms with Gasteiger partial charge in [-0.05, 0) is 49.5 Å². The van der Waals surface area contributed by atoms with E-state index in [2.05, 4.69) is 51.3 Å². The highest BCUT2D eigenvalue weighted by atomic mass is 15.1. The second kappa shape index (κ2) is 6.50. The standard InChI is InChI=1S/C19H22N4/c1-2-5-16(6-3-1)14-23-18(13-15-8-11-20-12-9-15)22-17-7-4-10-21-19(17)23/h1-7,10,15,20H,8-9,11-14H2. The van der Waals surface area contributed by atoms with Crippen LogP contribution in [-0.4, -0.2) is 27.6 Å². The molecule has 23 heavy (non-hydrogen) atoms. The van der Waals surface area contributed by atoms with Crippen molar-refractivity contribution in [3.63, 3.8) is 0 Å². The van der Waals surface area contributed by atoms with Crippen molar-refractivity contribution >= 4 is 11.2 Å². The topological polar surface area (TPSA) is 42.7 Å². The number of fused-ring (bicyclic) bond motifs is 1. The average Bonchev–Trinajstić information content (AvgIpc) is 2.94. The zero-order valence-electron chi connectivity index (χ0n) is 13.3. The minimum atomic E-state index is 0.725. The molecule has 0 spiro atoms. The number of piperidine rings is 1. The van der Waals surface area contributed by atoms with Crippen molar-refractivity contribution in [2.45, 2.75) is 25.8 Å². The third kappa shape index (κ3) is 3.13. The first-order chi connectivity index (χ1) is 11.4. The SMILES string of the molecule is c1ccc(Cn2c(CC3CCNCC3)nc3cccnc32)cc1. The van der Waals surface area contributed by atoms with E-state index in [1.807, 2.05) is 12.3 Å². The predicted molar refractivity (Wildman–Crippen MR) is 92.4 cm³/mol. The van der Waals surface area contributed by atoms with Gasteiger partial charge in [0.05, 0.1) is 6.54 Å². The molecule has 1 aliphatic heterocycles. The summed E-state index contributed by atoms with van der Waals surface area (Å²) in [5, 5.41) is 3.44. The second-order valence-electron chi connectivity index (χ2n) is 6.34. The number of hydrogen-bond donors (Lipinski definition) is 1. The van der Waals surface area contributed by atoms with E-state index in [9.17, 15) is 0 Å². The summed E-state index contributed by atoms with van der Waals surface area (Å²) in [5.74, 6) is 1.90. The van der Waals surface area contributed by atoms with E-state index in [-0.39, 0.29) is 0 Å². The molecule has 1 N–H and O–H groups in total. The van der Waals surface area contributed by atoms with Crippen LogP contribution >= 0.6 is 0 Å². The lowest BCUT2D eigenvalue weighted by molar-refractivity contribution is 0.364. The fourth-order valence-corrected chi connectivity index (χ4v) is 3.44. The molecule has 0 atom stereocenters. The Morgan fingerprint density at radius 1 is 1.04 bits per heavy atom. The van der Waals surface area contributed by atoms with E-state index < -0.39 is 0 Å². The van der Waals surface area contributed by atoms with Gasteiger partial charge in [0, 0.05) is 12.6 Å². The van der Waals surface area contributed by atoms with E-state index >= 15 is 0 Å². The third-order valence-electron chi connectivity index (χ3n) is 4.70. The normalized spacial score (nSPS) is 16.0. The van der Waals surface area contributed by atoms with E-state index in [1.54, 1.807) is 0 Å². The van der Waals surface area contributed by atoms with E-state index in [4.69, 9.17) is 4.98 Å². The molecule has 1 aliphatic rings. The van der Waals surface area contributed by atoms with Gasteiger partial charge in [0.25, 0.3) is 0 Å². The van der Waals surface area contributed by atoms with Gasteiger partial charge >= 0.3 is 0 Å². The van der Waals surface area contributed by atoms with Crippen LogP contribution in [0.2, 0.25) is 0 Å². The van der Waals surface area contributed by atoms with Gasteiger partial charge < -0.3 is 9.88 Å². The van der Waals surface area contributed by atoms with Crippen LogP contribution in [-0.2, 0) is 13.0 Å². The molecule has 3 aromatic rings. The number of imidazole rings is 1. The lowest BCUT2D eigenvalue weighted by atomic mass is 9.94. The molecule has 0 saturated carbocycles. The van der Waals surface area contributed by atoms with Crippen molar-refractivity contribution < 1.29 is 0 Å². The highest BCUT2D eigenvalue weighted by molar-refractivity contribution is 5.71. The molecule has 4 heteroatoms. The Morgan fingerprint density at radius 3 is 2.70 bits per heavy atom. The average molecular weight is 306 g/mol. The van der Waals surface area contributed by atoms with Crippen LogP contribution in [0.15, 0.2) is 48.7 Å². The Kier molecular flexibility index (Phi) is 4.07. The van der Waals surface area contributed by atoms with Crippen molar-refractivity contribution in [1.29, 1.82) is 0 Å². The molecule has 0 bridgehead atoms. The van der Waals surface area contributed by atoms with Crippen LogP contribution in [0.3, 0.4) is 0 Å². The molecule has 0 unspecified atom stereocenters. The molecule has 3 heterocycles. The molecule has 4 nitrogen and oxygen atoms in total. The van der Waals surface area contributed by atoms with Crippen LogP contribution in [0.25, 0.3) is 11.2 Å². The largest absolute Gasteiger partial charge is 0.317 e. The third-order valence-corrected chi connectivity index (χ3v) is 4.70. The van der Waals surface area contributed by atoms with Gasteiger partial charge in [0.1, 0.15) is 11.3 Å². The molecule has 1 fully saturated rings. The summed E-state index contributed by atoms with van der Waals surface area (Å²) in [6.07, 6.45) is 5.38. The zero-order chi connectivity index (χ0) is 15.5. The van der Waals surface area contributed by atoms with Crippen molar-refractivity contribution in [3.05, 3.63) is 60.0 Å². The lowest BCUT2D eigenvalue weighted by Crippen LogP contribution is -2.29. The Hall–Kier alpha value is -2.20. The van der Waals surface area contributed by atoms with Crippen molar-refractivity contribution in [3.8, 4) is 0 Å². The highest BCUT2D eigenvalue weighted by Crippen LogP contribution is 2.22. The van der Waals surface area contributed by atoms with Crippen LogP contribution in [0, 0.1) is 5.92 Å². The van der Waals surface area contributed by atoms with Gasteiger partial charge in [-0.2, -0.15) is 0 Å². The number of aromatic nitrogens is 3. The number of pyridine rings is 1. The van der Waals surface area contributed by atoms with Crippen molar-refractivity contribution in [1.82, 2.24) is 19.9 Å². The monoisotopic (exact) mass is 306 g/mol. The van der Waals surface area contributed by atoms with Crippen LogP contribution in [0.4, 0.5) is 0 Å². The van der Waals surface area contributed by atoms with E-state index in [1.165, 1.54) is 24.2 Å². The summed E-state index contributed by atoms with van der Waals surface area (Å²) in [6.45, 7) is 3.10. The molecule has 0 amide bonds. The first kappa shape index (κ1) is 14.4. The summed E-state index contributed by atoms with van der Waals surface area (Å²) >= 11 is 0. The molecule has 2 aromatic heterocycles. The second-order valence-corrected chi connectivity index (χ2v) is 6.34. The zero-order valence-corrected chi connectivity index (χ0v) is 13.3. The summed E-state index contributed by atoms with van der Waals surface area (Å²) < 4.78 is 2.30. The van der Waals surface area contributed by atoms with Gasteiger partial charge in [-0.25, -0.2) is 9.97 Å². The lowest BCUT2D eigenvalue weighted by Gasteiger charge is -2.22. The predicted octanol–water partition coefficient (Wildman–Crippen LogP) is 3.02. The smallest absolute Gasteiger partial charge is 0.160 e. The van der Waals surface area contributed by atoms with Gasteiger partial charge in [-0.3, -0.25) is 0 Å². The maximum absolute atomic E-state index is 4.88. The number of benzene rings is 1. The molecular formula is C19H22N4. The number of nitrogens with one attached hydrogen (secondary N) is 1. The number of rotatable bonds is 4. The summed E-state index contributed by atoms with van der Waals surface area (Å²) in [5.41, 5.74) is 3.30. The van der Waals surface area contributed by atoms with Crippen molar-refractivity contribution in [2.75, 3.05) is 13.1 Å². The first-order valence-electron chi connectivity index (χ1n) is 8.45. The maximum Gasteiger partial charge on any atom is 0.160 e. The quantitative estimate of drug-likeness (QED) is 0.805. The van der Waals surface area contributed by atoms with E-state index in [0.29, 0.717) is 0 Å². The van der Waals surface area contributed by atoms with Gasteiger partial charge in [0.15, 0.2) is 5.65 Å². The Balaban J connectivity index is 1.69. The molecule has 0 radical (unpaired) electrons. The van der Waals surface area contributed by atoms with Gasteiger partial charge in [-0.1, -0.05) is 30.3 Å². The van der Waals surface area contributed by atoms with Crippen LogP contribution in [0.5, 0.6) is 0 Å². The number of nitrogens with zero attached hydrogens (tertiary/aromatic N) is 3. The fraction of sp³-hybridized carbons (Fsp3) is 0.368. The Labute approximate surface area is 136 Å². The molecule has 0 aliphatic carbocycles. The molecule has 1 saturated heterocycles. The van der Waals surface area contributed by atoms with Gasteiger partial charge in [0.2, 0.25) is 0 Å². The maximum atomic E-state index is 4.88. The van der Waals surface area contributed by atoms with Crippen LogP contribution in [0.1, 0.15) is 24.2 Å². The first-order valence-corrected chi connectivity index (χ1v) is 8.45. The minimum Gasteiger partial charge on any atom is -0.317 e. The molecular weight excluding hydrogens is 284 g/mol. The van der Waals surface area contributed by atoms with Gasteiger partial charge in [-0.15, -0.1) is 0 Å². The Bertz CT molecular complexity index is 772. The molecule has 4 rings (SSSR count).